The van der Waals surface area contributed by atoms with Crippen molar-refractivity contribution in [2.24, 2.45) is 0 Å². The lowest BCUT2D eigenvalue weighted by molar-refractivity contribution is 0.674. The van der Waals surface area contributed by atoms with Gasteiger partial charge in [0.05, 0.1) is 0 Å². The summed E-state index contributed by atoms with van der Waals surface area (Å²) in [6, 6.07) is 4.26. The smallest absolute Gasteiger partial charge is 0.128 e. The molecule has 90 valence electrons. The van der Waals surface area contributed by atoms with Crippen LogP contribution in [0.5, 0.6) is 0 Å². The SMILES string of the molecule is CCCNCc1ccnc(N(CC)CC)c1. The molecule has 0 aliphatic heterocycles. The summed E-state index contributed by atoms with van der Waals surface area (Å²) < 4.78 is 0. The molecule has 0 spiro atoms. The predicted molar refractivity (Wildman–Crippen MR) is 69.8 cm³/mol. The summed E-state index contributed by atoms with van der Waals surface area (Å²) in [6.45, 7) is 10.5. The van der Waals surface area contributed by atoms with Crippen molar-refractivity contribution in [3.05, 3.63) is 23.9 Å². The molecule has 1 N–H and O–H groups in total. The van der Waals surface area contributed by atoms with Crippen LogP contribution in [0.25, 0.3) is 0 Å². The van der Waals surface area contributed by atoms with Crippen molar-refractivity contribution in [2.45, 2.75) is 33.7 Å². The summed E-state index contributed by atoms with van der Waals surface area (Å²) in [6.07, 6.45) is 3.07. The first-order chi connectivity index (χ1) is 7.81. The average molecular weight is 221 g/mol. The van der Waals surface area contributed by atoms with Gasteiger partial charge in [0, 0.05) is 25.8 Å². The zero-order chi connectivity index (χ0) is 11.8. The molecule has 3 nitrogen and oxygen atoms in total. The van der Waals surface area contributed by atoms with Crippen LogP contribution in [0.1, 0.15) is 32.8 Å². The van der Waals surface area contributed by atoms with Crippen LogP contribution in [-0.2, 0) is 6.54 Å². The average Bonchev–Trinajstić information content (AvgIpc) is 2.32. The summed E-state index contributed by atoms with van der Waals surface area (Å²) in [5.74, 6) is 1.08. The summed E-state index contributed by atoms with van der Waals surface area (Å²) in [5, 5.41) is 3.41. The molecule has 1 aromatic rings. The van der Waals surface area contributed by atoms with Gasteiger partial charge < -0.3 is 10.2 Å². The highest BCUT2D eigenvalue weighted by Crippen LogP contribution is 2.11. The van der Waals surface area contributed by atoms with Gasteiger partial charge >= 0.3 is 0 Å². The van der Waals surface area contributed by atoms with Gasteiger partial charge in [-0.2, -0.15) is 0 Å². The summed E-state index contributed by atoms with van der Waals surface area (Å²) in [4.78, 5) is 6.67. The van der Waals surface area contributed by atoms with Crippen molar-refractivity contribution >= 4 is 5.82 Å². The van der Waals surface area contributed by atoms with E-state index in [1.165, 1.54) is 12.0 Å². The van der Waals surface area contributed by atoms with Crippen LogP contribution in [0.3, 0.4) is 0 Å². The van der Waals surface area contributed by atoms with Crippen LogP contribution < -0.4 is 10.2 Å². The molecule has 0 saturated heterocycles. The van der Waals surface area contributed by atoms with Gasteiger partial charge in [-0.15, -0.1) is 0 Å². The summed E-state index contributed by atoms with van der Waals surface area (Å²) >= 11 is 0. The fraction of sp³-hybridized carbons (Fsp3) is 0.615. The van der Waals surface area contributed by atoms with Crippen molar-refractivity contribution in [1.82, 2.24) is 10.3 Å². The van der Waals surface area contributed by atoms with Crippen molar-refractivity contribution in [3.8, 4) is 0 Å². The molecule has 0 aliphatic rings. The Hall–Kier alpha value is -1.09. The molecule has 0 atom stereocenters. The minimum Gasteiger partial charge on any atom is -0.357 e. The maximum Gasteiger partial charge on any atom is 0.128 e. The van der Waals surface area contributed by atoms with Gasteiger partial charge in [0.25, 0.3) is 0 Å². The number of hydrogen-bond acceptors (Lipinski definition) is 3. The molecule has 0 unspecified atom stereocenters. The second-order valence-corrected chi connectivity index (χ2v) is 3.87. The van der Waals surface area contributed by atoms with Crippen LogP contribution in [0, 0.1) is 0 Å². The Kier molecular flexibility index (Phi) is 5.86. The fourth-order valence-electron chi connectivity index (χ4n) is 1.70. The van der Waals surface area contributed by atoms with Gasteiger partial charge in [0.2, 0.25) is 0 Å². The second kappa shape index (κ2) is 7.23. The first-order valence-corrected chi connectivity index (χ1v) is 6.22. The monoisotopic (exact) mass is 221 g/mol. The lowest BCUT2D eigenvalue weighted by atomic mass is 10.2. The summed E-state index contributed by atoms with van der Waals surface area (Å²) in [5.41, 5.74) is 1.31. The maximum atomic E-state index is 4.41. The normalized spacial score (nSPS) is 10.4. The van der Waals surface area contributed by atoms with Crippen LogP contribution in [-0.4, -0.2) is 24.6 Å². The number of anilines is 1. The number of aromatic nitrogens is 1. The number of pyridine rings is 1. The Balaban J connectivity index is 2.62. The highest BCUT2D eigenvalue weighted by atomic mass is 15.2. The van der Waals surface area contributed by atoms with Gasteiger partial charge in [-0.3, -0.25) is 0 Å². The third-order valence-corrected chi connectivity index (χ3v) is 2.65. The molecule has 0 aliphatic carbocycles. The highest BCUT2D eigenvalue weighted by molar-refractivity contribution is 5.40. The van der Waals surface area contributed by atoms with E-state index < -0.39 is 0 Å². The van der Waals surface area contributed by atoms with Crippen molar-refractivity contribution in [2.75, 3.05) is 24.5 Å². The van der Waals surface area contributed by atoms with E-state index in [1.54, 1.807) is 0 Å². The third kappa shape index (κ3) is 3.81. The molecule has 0 fully saturated rings. The van der Waals surface area contributed by atoms with Gasteiger partial charge in [0.1, 0.15) is 5.82 Å². The van der Waals surface area contributed by atoms with Crippen molar-refractivity contribution in [3.63, 3.8) is 0 Å². The summed E-state index contributed by atoms with van der Waals surface area (Å²) in [7, 11) is 0. The lowest BCUT2D eigenvalue weighted by Gasteiger charge is -2.20. The van der Waals surface area contributed by atoms with E-state index in [-0.39, 0.29) is 0 Å². The molecule has 0 amide bonds. The Bertz CT molecular complexity index is 295. The maximum absolute atomic E-state index is 4.41. The topological polar surface area (TPSA) is 28.2 Å². The third-order valence-electron chi connectivity index (χ3n) is 2.65. The molecule has 1 heterocycles. The molecule has 16 heavy (non-hydrogen) atoms. The molecule has 0 saturated carbocycles. The quantitative estimate of drug-likeness (QED) is 0.717. The lowest BCUT2D eigenvalue weighted by Crippen LogP contribution is -2.23. The Morgan fingerprint density at radius 1 is 1.25 bits per heavy atom. The molecule has 1 rings (SSSR count). The van der Waals surface area contributed by atoms with E-state index in [2.05, 4.69) is 48.1 Å². The van der Waals surface area contributed by atoms with Gasteiger partial charge in [0.15, 0.2) is 0 Å². The number of hydrogen-bond donors (Lipinski definition) is 1. The molecule has 0 aromatic carbocycles. The minimum absolute atomic E-state index is 0.935. The molecule has 3 heteroatoms. The molecule has 0 bridgehead atoms. The first kappa shape index (κ1) is 13.0. The zero-order valence-corrected chi connectivity index (χ0v) is 10.7. The van der Waals surface area contributed by atoms with Gasteiger partial charge in [-0.1, -0.05) is 6.92 Å². The van der Waals surface area contributed by atoms with Crippen LogP contribution in [0.15, 0.2) is 18.3 Å². The molecular formula is C13H23N3. The fourth-order valence-corrected chi connectivity index (χ4v) is 1.70. The van der Waals surface area contributed by atoms with Gasteiger partial charge in [-0.25, -0.2) is 4.98 Å². The standard InChI is InChI=1S/C13H23N3/c1-4-8-14-11-12-7-9-15-13(10-12)16(5-2)6-3/h7,9-10,14H,4-6,8,11H2,1-3H3. The second-order valence-electron chi connectivity index (χ2n) is 3.87. The van der Waals surface area contributed by atoms with Crippen LogP contribution in [0.4, 0.5) is 5.82 Å². The molecular weight excluding hydrogens is 198 g/mol. The largest absolute Gasteiger partial charge is 0.357 e. The number of nitrogens with one attached hydrogen (secondary N) is 1. The highest BCUT2D eigenvalue weighted by Gasteiger charge is 2.03. The van der Waals surface area contributed by atoms with Crippen molar-refractivity contribution in [1.29, 1.82) is 0 Å². The Morgan fingerprint density at radius 2 is 2.00 bits per heavy atom. The minimum atomic E-state index is 0.935. The zero-order valence-electron chi connectivity index (χ0n) is 10.7. The van der Waals surface area contributed by atoms with Crippen molar-refractivity contribution < 1.29 is 0 Å². The number of rotatable bonds is 7. The first-order valence-electron chi connectivity index (χ1n) is 6.22. The van der Waals surface area contributed by atoms with Gasteiger partial charge in [-0.05, 0) is 44.5 Å². The molecule has 1 aromatic heterocycles. The van der Waals surface area contributed by atoms with E-state index in [0.29, 0.717) is 0 Å². The molecule has 0 radical (unpaired) electrons. The van der Waals surface area contributed by atoms with E-state index >= 15 is 0 Å². The number of nitrogens with zero attached hydrogens (tertiary/aromatic N) is 2. The van der Waals surface area contributed by atoms with E-state index in [4.69, 9.17) is 0 Å². The Labute approximate surface area is 98.9 Å². The Morgan fingerprint density at radius 3 is 2.62 bits per heavy atom. The predicted octanol–water partition coefficient (Wildman–Crippen LogP) is 2.43. The van der Waals surface area contributed by atoms with Crippen LogP contribution in [0.2, 0.25) is 0 Å². The van der Waals surface area contributed by atoms with E-state index in [0.717, 1.165) is 32.0 Å². The van der Waals surface area contributed by atoms with E-state index in [1.807, 2.05) is 6.20 Å². The van der Waals surface area contributed by atoms with Crippen LogP contribution >= 0.6 is 0 Å². The van der Waals surface area contributed by atoms with E-state index in [9.17, 15) is 0 Å².